The molecule has 1 fully saturated rings. The van der Waals surface area contributed by atoms with Gasteiger partial charge in [-0.15, -0.1) is 0 Å². The Balaban J connectivity index is 1.84. The first-order valence-electron chi connectivity index (χ1n) is 7.82. The molecule has 7 heteroatoms. The van der Waals surface area contributed by atoms with Crippen LogP contribution in [0.15, 0.2) is 24.3 Å². The van der Waals surface area contributed by atoms with Crippen LogP contribution in [0.25, 0.3) is 0 Å². The molecule has 2 amide bonds. The van der Waals surface area contributed by atoms with Gasteiger partial charge in [-0.1, -0.05) is 19.1 Å². The number of hydrogen-bond donors (Lipinski definition) is 2. The molecule has 1 aromatic rings. The predicted molar refractivity (Wildman–Crippen MR) is 89.3 cm³/mol. The second kappa shape index (κ2) is 7.68. The molecule has 6 nitrogen and oxygen atoms in total. The molecule has 23 heavy (non-hydrogen) atoms. The van der Waals surface area contributed by atoms with Gasteiger partial charge in [-0.25, -0.2) is 13.2 Å². The van der Waals surface area contributed by atoms with Gasteiger partial charge in [0.1, 0.15) is 5.75 Å². The Morgan fingerprint density at radius 3 is 2.57 bits per heavy atom. The minimum atomic E-state index is -2.90. The largest absolute Gasteiger partial charge is 0.497 e. The molecule has 0 aromatic heterocycles. The molecule has 1 heterocycles. The summed E-state index contributed by atoms with van der Waals surface area (Å²) < 4.78 is 27.9. The number of urea groups is 1. The van der Waals surface area contributed by atoms with Crippen LogP contribution in [0.4, 0.5) is 4.79 Å². The van der Waals surface area contributed by atoms with Gasteiger partial charge >= 0.3 is 6.03 Å². The van der Waals surface area contributed by atoms with Crippen molar-refractivity contribution in [2.24, 2.45) is 5.92 Å². The van der Waals surface area contributed by atoms with Crippen LogP contribution in [0, 0.1) is 5.92 Å². The van der Waals surface area contributed by atoms with Gasteiger partial charge in [0, 0.05) is 6.54 Å². The van der Waals surface area contributed by atoms with Crippen molar-refractivity contribution in [3.8, 4) is 5.75 Å². The second-order valence-corrected chi connectivity index (χ2v) is 8.09. The topological polar surface area (TPSA) is 84.5 Å². The van der Waals surface area contributed by atoms with Crippen LogP contribution in [-0.4, -0.2) is 39.6 Å². The molecule has 0 saturated carbocycles. The fraction of sp³-hybridized carbons (Fsp3) is 0.562. The normalized spacial score (nSPS) is 20.7. The zero-order valence-corrected chi connectivity index (χ0v) is 14.4. The zero-order chi connectivity index (χ0) is 16.9. The lowest BCUT2D eigenvalue weighted by Gasteiger charge is -2.19. The van der Waals surface area contributed by atoms with E-state index in [2.05, 4.69) is 10.6 Å². The third-order valence-electron chi connectivity index (χ3n) is 4.11. The van der Waals surface area contributed by atoms with Crippen molar-refractivity contribution >= 4 is 15.9 Å². The van der Waals surface area contributed by atoms with Gasteiger partial charge in [0.05, 0.1) is 24.7 Å². The highest BCUT2D eigenvalue weighted by Gasteiger charge is 2.28. The van der Waals surface area contributed by atoms with Crippen LogP contribution < -0.4 is 15.4 Å². The molecule has 2 unspecified atom stereocenters. The SMILES string of the molecule is CCC(NC(=O)NCC1CCS(=O)(=O)C1)c1ccc(OC)cc1. The minimum absolute atomic E-state index is 0.0202. The number of rotatable bonds is 6. The van der Waals surface area contributed by atoms with Crippen LogP contribution in [-0.2, 0) is 9.84 Å². The average molecular weight is 340 g/mol. The van der Waals surface area contributed by atoms with Crippen LogP contribution >= 0.6 is 0 Å². The number of ether oxygens (including phenoxy) is 1. The summed E-state index contributed by atoms with van der Waals surface area (Å²) in [6.45, 7) is 2.39. The van der Waals surface area contributed by atoms with Gasteiger partial charge in [-0.05, 0) is 36.5 Å². The van der Waals surface area contributed by atoms with Crippen LogP contribution in [0.3, 0.4) is 0 Å². The van der Waals surface area contributed by atoms with E-state index in [-0.39, 0.29) is 29.5 Å². The summed E-state index contributed by atoms with van der Waals surface area (Å²) in [5, 5.41) is 5.71. The Kier molecular flexibility index (Phi) is 5.87. The van der Waals surface area contributed by atoms with E-state index < -0.39 is 9.84 Å². The number of benzene rings is 1. The van der Waals surface area contributed by atoms with Crippen molar-refractivity contribution in [2.75, 3.05) is 25.2 Å². The summed E-state index contributed by atoms with van der Waals surface area (Å²) in [5.74, 6) is 1.19. The minimum Gasteiger partial charge on any atom is -0.497 e. The van der Waals surface area contributed by atoms with Crippen molar-refractivity contribution in [2.45, 2.75) is 25.8 Å². The smallest absolute Gasteiger partial charge is 0.315 e. The van der Waals surface area contributed by atoms with E-state index in [0.29, 0.717) is 13.0 Å². The Hall–Kier alpha value is -1.76. The molecule has 1 aliphatic rings. The van der Waals surface area contributed by atoms with Gasteiger partial charge in [0.15, 0.2) is 9.84 Å². The summed E-state index contributed by atoms with van der Waals surface area (Å²) in [4.78, 5) is 12.0. The molecule has 1 saturated heterocycles. The number of hydrogen-bond acceptors (Lipinski definition) is 4. The molecule has 1 aromatic carbocycles. The summed E-state index contributed by atoms with van der Waals surface area (Å²) in [5.41, 5.74) is 1.01. The van der Waals surface area contributed by atoms with E-state index in [0.717, 1.165) is 17.7 Å². The molecule has 0 radical (unpaired) electrons. The maximum absolute atomic E-state index is 12.0. The first-order valence-corrected chi connectivity index (χ1v) is 9.64. The van der Waals surface area contributed by atoms with E-state index >= 15 is 0 Å². The number of amides is 2. The lowest BCUT2D eigenvalue weighted by Crippen LogP contribution is -2.40. The Labute approximate surface area is 137 Å². The monoisotopic (exact) mass is 340 g/mol. The Bertz CT molecular complexity index is 628. The predicted octanol–water partition coefficient (Wildman–Crippen LogP) is 1.88. The van der Waals surface area contributed by atoms with Crippen molar-refractivity contribution in [3.63, 3.8) is 0 Å². The summed E-state index contributed by atoms with van der Waals surface area (Å²) >= 11 is 0. The molecular formula is C16H24N2O4S. The van der Waals surface area contributed by atoms with Gasteiger partial charge < -0.3 is 15.4 Å². The first kappa shape index (κ1) is 17.6. The molecule has 0 bridgehead atoms. The van der Waals surface area contributed by atoms with Crippen molar-refractivity contribution in [1.29, 1.82) is 0 Å². The lowest BCUT2D eigenvalue weighted by atomic mass is 10.0. The zero-order valence-electron chi connectivity index (χ0n) is 13.5. The van der Waals surface area contributed by atoms with Crippen LogP contribution in [0.2, 0.25) is 0 Å². The molecular weight excluding hydrogens is 316 g/mol. The van der Waals surface area contributed by atoms with Gasteiger partial charge in [0.25, 0.3) is 0 Å². The van der Waals surface area contributed by atoms with E-state index in [9.17, 15) is 13.2 Å². The van der Waals surface area contributed by atoms with Gasteiger partial charge in [0.2, 0.25) is 0 Å². The Morgan fingerprint density at radius 1 is 1.35 bits per heavy atom. The number of sulfone groups is 1. The van der Waals surface area contributed by atoms with Gasteiger partial charge in [-0.2, -0.15) is 0 Å². The number of carbonyl (C=O) groups excluding carboxylic acids is 1. The van der Waals surface area contributed by atoms with E-state index in [1.54, 1.807) is 7.11 Å². The van der Waals surface area contributed by atoms with Crippen molar-refractivity contribution < 1.29 is 17.9 Å². The highest BCUT2D eigenvalue weighted by molar-refractivity contribution is 7.91. The van der Waals surface area contributed by atoms with Crippen LogP contribution in [0.1, 0.15) is 31.4 Å². The number of nitrogens with one attached hydrogen (secondary N) is 2. The van der Waals surface area contributed by atoms with E-state index in [1.165, 1.54) is 0 Å². The average Bonchev–Trinajstić information content (AvgIpc) is 2.90. The van der Waals surface area contributed by atoms with Gasteiger partial charge in [-0.3, -0.25) is 0 Å². The summed E-state index contributed by atoms with van der Waals surface area (Å²) in [6, 6.07) is 7.22. The third-order valence-corrected chi connectivity index (χ3v) is 5.95. The fourth-order valence-corrected chi connectivity index (χ4v) is 4.60. The molecule has 128 valence electrons. The third kappa shape index (κ3) is 5.13. The fourth-order valence-electron chi connectivity index (χ4n) is 2.74. The number of carbonyl (C=O) groups is 1. The molecule has 2 atom stereocenters. The highest BCUT2D eigenvalue weighted by atomic mass is 32.2. The lowest BCUT2D eigenvalue weighted by molar-refractivity contribution is 0.235. The standard InChI is InChI=1S/C16H24N2O4S/c1-3-15(13-4-6-14(22-2)7-5-13)18-16(19)17-10-12-8-9-23(20,21)11-12/h4-7,12,15H,3,8-11H2,1-2H3,(H2,17,18,19). The maximum Gasteiger partial charge on any atom is 0.315 e. The van der Waals surface area contributed by atoms with Crippen LogP contribution in [0.5, 0.6) is 5.75 Å². The van der Waals surface area contributed by atoms with E-state index in [4.69, 9.17) is 4.74 Å². The highest BCUT2D eigenvalue weighted by Crippen LogP contribution is 2.20. The Morgan fingerprint density at radius 2 is 2.04 bits per heavy atom. The molecule has 2 N–H and O–H groups in total. The van der Waals surface area contributed by atoms with Crippen molar-refractivity contribution in [3.05, 3.63) is 29.8 Å². The quantitative estimate of drug-likeness (QED) is 0.828. The molecule has 1 aliphatic heterocycles. The molecule has 0 aliphatic carbocycles. The number of methoxy groups -OCH3 is 1. The summed E-state index contributed by atoms with van der Waals surface area (Å²) in [6.07, 6.45) is 1.38. The molecule has 0 spiro atoms. The summed E-state index contributed by atoms with van der Waals surface area (Å²) in [7, 11) is -1.29. The molecule has 2 rings (SSSR count). The van der Waals surface area contributed by atoms with Crippen molar-refractivity contribution in [1.82, 2.24) is 10.6 Å². The maximum atomic E-state index is 12.0. The van der Waals surface area contributed by atoms with E-state index in [1.807, 2.05) is 31.2 Å². The first-order chi connectivity index (χ1) is 10.9. The second-order valence-electron chi connectivity index (χ2n) is 5.86.